The zero-order chi connectivity index (χ0) is 16.4. The van der Waals surface area contributed by atoms with Crippen molar-refractivity contribution in [3.05, 3.63) is 30.3 Å². The predicted octanol–water partition coefficient (Wildman–Crippen LogP) is 1.18. The second kappa shape index (κ2) is 6.34. The molecule has 6 heteroatoms. The first kappa shape index (κ1) is 16.0. The molecule has 0 N–H and O–H groups in total. The average molecular weight is 332 g/mol. The zero-order valence-electron chi connectivity index (χ0n) is 12.9. The third-order valence-corrected chi connectivity index (χ3v) is 6.42. The molecular weight excluding hydrogens is 312 g/mol. The summed E-state index contributed by atoms with van der Waals surface area (Å²) in [6.07, 6.45) is 6.78. The van der Waals surface area contributed by atoms with Crippen molar-refractivity contribution in [1.29, 1.82) is 0 Å². The molecule has 5 nitrogen and oxygen atoms in total. The van der Waals surface area contributed by atoms with Crippen molar-refractivity contribution >= 4 is 15.9 Å². The van der Waals surface area contributed by atoms with Crippen molar-refractivity contribution in [3.63, 3.8) is 0 Å². The Morgan fingerprint density at radius 2 is 1.87 bits per heavy atom. The average Bonchev–Trinajstić information content (AvgIpc) is 2.54. The van der Waals surface area contributed by atoms with Gasteiger partial charge in [-0.2, -0.15) is 4.31 Å². The summed E-state index contributed by atoms with van der Waals surface area (Å²) >= 11 is 0. The van der Waals surface area contributed by atoms with Gasteiger partial charge in [0, 0.05) is 26.2 Å². The first-order valence-electron chi connectivity index (χ1n) is 7.82. The zero-order valence-corrected chi connectivity index (χ0v) is 13.7. The molecule has 1 aromatic rings. The number of nitrogens with zero attached hydrogens (tertiary/aromatic N) is 2. The summed E-state index contributed by atoms with van der Waals surface area (Å²) in [5, 5.41) is 0. The summed E-state index contributed by atoms with van der Waals surface area (Å²) in [5.41, 5.74) is 0. The number of piperidine rings is 1. The molecule has 1 unspecified atom stereocenters. The van der Waals surface area contributed by atoms with E-state index in [0.29, 0.717) is 26.1 Å². The quantitative estimate of drug-likeness (QED) is 0.781. The Balaban J connectivity index is 1.69. The maximum atomic E-state index is 12.7. The number of benzene rings is 1. The first-order chi connectivity index (χ1) is 11.0. The third kappa shape index (κ3) is 3.12. The molecule has 122 valence electrons. The highest BCUT2D eigenvalue weighted by molar-refractivity contribution is 7.89. The standard InChI is InChI=1S/C17H20N2O3S/c1-2-14-11-18(12-14)17(20)15-7-6-10-19(13-15)23(21,22)16-8-4-3-5-9-16/h1,3-5,8-9,14-15H,6-7,10-13H2. The summed E-state index contributed by atoms with van der Waals surface area (Å²) < 4.78 is 26.8. The van der Waals surface area contributed by atoms with Gasteiger partial charge in [0.25, 0.3) is 0 Å². The van der Waals surface area contributed by atoms with Gasteiger partial charge in [-0.3, -0.25) is 4.79 Å². The van der Waals surface area contributed by atoms with Crippen LogP contribution in [-0.2, 0) is 14.8 Å². The minimum absolute atomic E-state index is 0.0319. The third-order valence-electron chi connectivity index (χ3n) is 4.54. The molecule has 0 aromatic heterocycles. The molecule has 1 aromatic carbocycles. The van der Waals surface area contributed by atoms with Gasteiger partial charge in [0.15, 0.2) is 0 Å². The van der Waals surface area contributed by atoms with E-state index in [-0.39, 0.29) is 29.2 Å². The number of rotatable bonds is 3. The van der Waals surface area contributed by atoms with Crippen LogP contribution in [0.15, 0.2) is 35.2 Å². The molecule has 23 heavy (non-hydrogen) atoms. The molecule has 0 aliphatic carbocycles. The fourth-order valence-corrected chi connectivity index (χ4v) is 4.67. The van der Waals surface area contributed by atoms with Crippen LogP contribution in [0.2, 0.25) is 0 Å². The van der Waals surface area contributed by atoms with Gasteiger partial charge in [0.2, 0.25) is 15.9 Å². The number of hydrogen-bond donors (Lipinski definition) is 0. The van der Waals surface area contributed by atoms with Crippen LogP contribution in [-0.4, -0.2) is 49.7 Å². The van der Waals surface area contributed by atoms with Crippen LogP contribution in [0.3, 0.4) is 0 Å². The smallest absolute Gasteiger partial charge is 0.243 e. The molecule has 2 aliphatic rings. The molecule has 1 amide bonds. The summed E-state index contributed by atoms with van der Waals surface area (Å²) in [6.45, 7) is 1.91. The van der Waals surface area contributed by atoms with Crippen LogP contribution < -0.4 is 0 Å². The molecule has 0 bridgehead atoms. The first-order valence-corrected chi connectivity index (χ1v) is 9.26. The number of hydrogen-bond acceptors (Lipinski definition) is 3. The summed E-state index contributed by atoms with van der Waals surface area (Å²) in [7, 11) is -3.53. The number of sulfonamides is 1. The minimum Gasteiger partial charge on any atom is -0.340 e. The van der Waals surface area contributed by atoms with E-state index in [2.05, 4.69) is 5.92 Å². The van der Waals surface area contributed by atoms with Crippen LogP contribution in [0, 0.1) is 24.2 Å². The van der Waals surface area contributed by atoms with E-state index in [1.54, 1.807) is 35.2 Å². The Kier molecular flexibility index (Phi) is 4.42. The number of carbonyl (C=O) groups excluding carboxylic acids is 1. The topological polar surface area (TPSA) is 57.7 Å². The number of likely N-dealkylation sites (tertiary alicyclic amines) is 1. The summed E-state index contributed by atoms with van der Waals surface area (Å²) in [6, 6.07) is 8.38. The van der Waals surface area contributed by atoms with E-state index in [9.17, 15) is 13.2 Å². The lowest BCUT2D eigenvalue weighted by atomic mass is 9.93. The van der Waals surface area contributed by atoms with E-state index in [1.807, 2.05) is 0 Å². The molecule has 2 fully saturated rings. The van der Waals surface area contributed by atoms with Crippen molar-refractivity contribution < 1.29 is 13.2 Å². The number of carbonyl (C=O) groups is 1. The Bertz CT molecular complexity index is 718. The van der Waals surface area contributed by atoms with Crippen LogP contribution >= 0.6 is 0 Å². The van der Waals surface area contributed by atoms with E-state index in [4.69, 9.17) is 6.42 Å². The lowest BCUT2D eigenvalue weighted by Gasteiger charge is -2.40. The van der Waals surface area contributed by atoms with Crippen molar-refractivity contribution in [2.24, 2.45) is 11.8 Å². The Morgan fingerprint density at radius 1 is 1.17 bits per heavy atom. The second-order valence-electron chi connectivity index (χ2n) is 6.12. The van der Waals surface area contributed by atoms with E-state index >= 15 is 0 Å². The molecule has 0 saturated carbocycles. The normalized spacial score (nSPS) is 23.1. The van der Waals surface area contributed by atoms with Gasteiger partial charge in [-0.05, 0) is 25.0 Å². The fraction of sp³-hybridized carbons (Fsp3) is 0.471. The maximum Gasteiger partial charge on any atom is 0.243 e. The number of amides is 1. The Labute approximate surface area is 137 Å². The van der Waals surface area contributed by atoms with Gasteiger partial charge in [0.05, 0.1) is 16.7 Å². The highest BCUT2D eigenvalue weighted by Crippen LogP contribution is 2.27. The van der Waals surface area contributed by atoms with Gasteiger partial charge in [-0.1, -0.05) is 24.1 Å². The fourth-order valence-electron chi connectivity index (χ4n) is 3.13. The van der Waals surface area contributed by atoms with Gasteiger partial charge in [0.1, 0.15) is 0 Å². The van der Waals surface area contributed by atoms with Gasteiger partial charge >= 0.3 is 0 Å². The SMILES string of the molecule is C#CC1CN(C(=O)C2CCCN(S(=O)(=O)c3ccccc3)C2)C1. The van der Waals surface area contributed by atoms with Crippen LogP contribution in [0.1, 0.15) is 12.8 Å². The molecule has 0 radical (unpaired) electrons. The number of terminal acetylenes is 1. The Hall–Kier alpha value is -1.84. The molecular formula is C17H20N2O3S. The van der Waals surface area contributed by atoms with Crippen molar-refractivity contribution in [2.75, 3.05) is 26.2 Å². The largest absolute Gasteiger partial charge is 0.340 e. The van der Waals surface area contributed by atoms with E-state index in [0.717, 1.165) is 6.42 Å². The summed E-state index contributed by atoms with van der Waals surface area (Å²) in [4.78, 5) is 14.5. The minimum atomic E-state index is -3.53. The highest BCUT2D eigenvalue weighted by Gasteiger charge is 2.38. The van der Waals surface area contributed by atoms with Gasteiger partial charge in [-0.25, -0.2) is 8.42 Å². The summed E-state index contributed by atoms with van der Waals surface area (Å²) in [5.74, 6) is 2.56. The maximum absolute atomic E-state index is 12.7. The lowest BCUT2D eigenvalue weighted by Crippen LogP contribution is -2.54. The lowest BCUT2D eigenvalue weighted by molar-refractivity contribution is -0.141. The van der Waals surface area contributed by atoms with E-state index in [1.165, 1.54) is 4.31 Å². The molecule has 2 aliphatic heterocycles. The van der Waals surface area contributed by atoms with Gasteiger partial charge < -0.3 is 4.90 Å². The van der Waals surface area contributed by atoms with Crippen LogP contribution in [0.25, 0.3) is 0 Å². The van der Waals surface area contributed by atoms with Crippen LogP contribution in [0.5, 0.6) is 0 Å². The molecule has 2 saturated heterocycles. The van der Waals surface area contributed by atoms with Crippen molar-refractivity contribution in [3.8, 4) is 12.3 Å². The molecule has 3 rings (SSSR count). The van der Waals surface area contributed by atoms with Crippen molar-refractivity contribution in [2.45, 2.75) is 17.7 Å². The monoisotopic (exact) mass is 332 g/mol. The highest BCUT2D eigenvalue weighted by atomic mass is 32.2. The van der Waals surface area contributed by atoms with Gasteiger partial charge in [-0.15, -0.1) is 6.42 Å². The van der Waals surface area contributed by atoms with E-state index < -0.39 is 10.0 Å². The molecule has 1 atom stereocenters. The van der Waals surface area contributed by atoms with Crippen molar-refractivity contribution in [1.82, 2.24) is 9.21 Å². The van der Waals surface area contributed by atoms with Crippen LogP contribution in [0.4, 0.5) is 0 Å². The molecule has 2 heterocycles. The molecule has 0 spiro atoms. The predicted molar refractivity (Wildman–Crippen MR) is 86.8 cm³/mol. The second-order valence-corrected chi connectivity index (χ2v) is 8.06. The Morgan fingerprint density at radius 3 is 2.52 bits per heavy atom.